The standard InChI is InChI=1S/C19H25BrN6O.C9H17NO/c1-11(2)23-18(27)14-4-3-5-16(14)25-17-15(20)10-22-19(26-17)24-13-8-6-12(21)7-9-13;1-2-6-10(5-1)9-3-7-11-8-4-9/h6-11,14,16H,3-5,21H2,1-2H3,(H,23,27)(H2,22,24,25,26);9H,1-8H2/t14-,16+;/m0./s1. The van der Waals surface area contributed by atoms with Crippen molar-refractivity contribution in [3.8, 4) is 0 Å². The van der Waals surface area contributed by atoms with Crippen LogP contribution in [-0.2, 0) is 9.53 Å². The first-order valence-electron chi connectivity index (χ1n) is 13.9. The van der Waals surface area contributed by atoms with Crippen LogP contribution in [-0.4, -0.2) is 65.2 Å². The van der Waals surface area contributed by atoms with E-state index >= 15 is 0 Å². The van der Waals surface area contributed by atoms with E-state index < -0.39 is 0 Å². The molecule has 3 aliphatic rings. The Morgan fingerprint density at radius 2 is 1.79 bits per heavy atom. The van der Waals surface area contributed by atoms with Crippen molar-refractivity contribution in [2.75, 3.05) is 42.7 Å². The van der Waals surface area contributed by atoms with Crippen molar-refractivity contribution in [2.24, 2.45) is 5.92 Å². The van der Waals surface area contributed by atoms with Gasteiger partial charge >= 0.3 is 0 Å². The molecular formula is C28H42BrN7O2. The summed E-state index contributed by atoms with van der Waals surface area (Å²) in [5.74, 6) is 1.21. The van der Waals surface area contributed by atoms with Crippen LogP contribution in [0.2, 0.25) is 0 Å². The van der Waals surface area contributed by atoms with Gasteiger partial charge in [0.2, 0.25) is 11.9 Å². The quantitative estimate of drug-likeness (QED) is 0.337. The number of nitrogens with zero attached hydrogens (tertiary/aromatic N) is 3. The van der Waals surface area contributed by atoms with Crippen LogP contribution in [0.5, 0.6) is 0 Å². The van der Waals surface area contributed by atoms with Gasteiger partial charge in [0.1, 0.15) is 5.82 Å². The molecule has 2 atom stereocenters. The van der Waals surface area contributed by atoms with Crippen molar-refractivity contribution in [3.05, 3.63) is 34.9 Å². The number of amides is 1. The fourth-order valence-electron chi connectivity index (χ4n) is 5.39. The van der Waals surface area contributed by atoms with Crippen molar-refractivity contribution < 1.29 is 9.53 Å². The highest BCUT2D eigenvalue weighted by atomic mass is 79.9. The molecule has 1 aromatic carbocycles. The van der Waals surface area contributed by atoms with Crippen LogP contribution >= 0.6 is 15.9 Å². The summed E-state index contributed by atoms with van der Waals surface area (Å²) in [6.07, 6.45) is 9.90. The molecule has 1 aliphatic carbocycles. The maximum Gasteiger partial charge on any atom is 0.229 e. The smallest absolute Gasteiger partial charge is 0.229 e. The Hall–Kier alpha value is -2.43. The third-order valence-corrected chi connectivity index (χ3v) is 7.94. The maximum atomic E-state index is 12.5. The molecule has 3 fully saturated rings. The van der Waals surface area contributed by atoms with Gasteiger partial charge in [-0.25, -0.2) is 4.98 Å². The summed E-state index contributed by atoms with van der Waals surface area (Å²) in [5, 5.41) is 9.61. The summed E-state index contributed by atoms with van der Waals surface area (Å²) in [5.41, 5.74) is 7.27. The average molecular weight is 589 g/mol. The number of halogens is 1. The van der Waals surface area contributed by atoms with E-state index in [2.05, 4.69) is 46.7 Å². The predicted octanol–water partition coefficient (Wildman–Crippen LogP) is 4.93. The van der Waals surface area contributed by atoms with Crippen LogP contribution in [0, 0.1) is 5.92 Å². The van der Waals surface area contributed by atoms with E-state index in [1.54, 1.807) is 6.20 Å². The van der Waals surface area contributed by atoms with Crippen molar-refractivity contribution in [2.45, 2.75) is 76.9 Å². The van der Waals surface area contributed by atoms with E-state index in [0.29, 0.717) is 17.5 Å². The van der Waals surface area contributed by atoms with Crippen LogP contribution in [0.15, 0.2) is 34.9 Å². The number of rotatable bonds is 7. The Morgan fingerprint density at radius 3 is 2.47 bits per heavy atom. The second kappa shape index (κ2) is 14.1. The van der Waals surface area contributed by atoms with Gasteiger partial charge in [-0.2, -0.15) is 4.98 Å². The number of hydrogen-bond donors (Lipinski definition) is 4. The van der Waals surface area contributed by atoms with Crippen molar-refractivity contribution in [3.63, 3.8) is 0 Å². The van der Waals surface area contributed by atoms with Crippen molar-refractivity contribution >= 4 is 45.0 Å². The van der Waals surface area contributed by atoms with Gasteiger partial charge in [0, 0.05) is 48.9 Å². The Labute approximate surface area is 234 Å². The minimum atomic E-state index is -0.0530. The van der Waals surface area contributed by atoms with E-state index in [1.807, 2.05) is 38.1 Å². The minimum absolute atomic E-state index is 0.0530. The number of aromatic nitrogens is 2. The number of ether oxygens (including phenoxy) is 1. The molecule has 3 heterocycles. The third kappa shape index (κ3) is 8.28. The number of nitrogens with two attached hydrogens (primary N) is 1. The SMILES string of the molecule is C1CCN(C2CCOCC2)C1.CC(C)NC(=O)[C@H]1CCC[C@H]1Nc1nc(Nc2ccc(N)cc2)ncc1Br. The molecule has 2 aromatic rings. The summed E-state index contributed by atoms with van der Waals surface area (Å²) in [6.45, 7) is 8.61. The van der Waals surface area contributed by atoms with Gasteiger partial charge in [-0.1, -0.05) is 6.42 Å². The first kappa shape index (κ1) is 28.6. The largest absolute Gasteiger partial charge is 0.399 e. The number of nitrogen functional groups attached to an aromatic ring is 1. The summed E-state index contributed by atoms with van der Waals surface area (Å²) in [7, 11) is 0. The van der Waals surface area contributed by atoms with Crippen molar-refractivity contribution in [1.29, 1.82) is 0 Å². The van der Waals surface area contributed by atoms with Crippen LogP contribution in [0.4, 0.5) is 23.1 Å². The number of nitrogens with one attached hydrogen (secondary N) is 3. The molecule has 38 heavy (non-hydrogen) atoms. The number of benzene rings is 1. The second-order valence-electron chi connectivity index (χ2n) is 10.7. The molecule has 1 amide bonds. The molecular weight excluding hydrogens is 546 g/mol. The number of carbonyl (C=O) groups excluding carboxylic acids is 1. The lowest BCUT2D eigenvalue weighted by Crippen LogP contribution is -2.41. The molecule has 0 bridgehead atoms. The lowest BCUT2D eigenvalue weighted by Gasteiger charge is -2.30. The Bertz CT molecular complexity index is 1020. The molecule has 2 aliphatic heterocycles. The van der Waals surface area contributed by atoms with E-state index in [4.69, 9.17) is 10.5 Å². The number of carbonyl (C=O) groups is 1. The van der Waals surface area contributed by atoms with Gasteiger partial charge in [0.15, 0.2) is 0 Å². The second-order valence-corrected chi connectivity index (χ2v) is 11.5. The molecule has 0 radical (unpaired) electrons. The topological polar surface area (TPSA) is 117 Å². The fraction of sp³-hybridized carbons (Fsp3) is 0.607. The molecule has 5 N–H and O–H groups in total. The summed E-state index contributed by atoms with van der Waals surface area (Å²) >= 11 is 3.50. The third-order valence-electron chi connectivity index (χ3n) is 7.36. The van der Waals surface area contributed by atoms with Gasteiger partial charge in [-0.3, -0.25) is 4.79 Å². The van der Waals surface area contributed by atoms with Crippen LogP contribution < -0.4 is 21.7 Å². The van der Waals surface area contributed by atoms with E-state index in [-0.39, 0.29) is 23.9 Å². The highest BCUT2D eigenvalue weighted by Crippen LogP contribution is 2.31. The zero-order valence-corrected chi connectivity index (χ0v) is 24.2. The molecule has 208 valence electrons. The predicted molar refractivity (Wildman–Crippen MR) is 157 cm³/mol. The van der Waals surface area contributed by atoms with Gasteiger partial charge in [-0.15, -0.1) is 0 Å². The van der Waals surface area contributed by atoms with Crippen LogP contribution in [0.1, 0.15) is 58.8 Å². The lowest BCUT2D eigenvalue weighted by atomic mass is 10.0. The fourth-order valence-corrected chi connectivity index (χ4v) is 5.70. The number of likely N-dealkylation sites (tertiary alicyclic amines) is 1. The first-order valence-corrected chi connectivity index (χ1v) is 14.7. The van der Waals surface area contributed by atoms with Gasteiger partial charge in [-0.05, 0) is 106 Å². The zero-order chi connectivity index (χ0) is 26.9. The molecule has 9 nitrogen and oxygen atoms in total. The molecule has 0 unspecified atom stereocenters. The molecule has 1 saturated carbocycles. The summed E-state index contributed by atoms with van der Waals surface area (Å²) in [6, 6.07) is 8.42. The Morgan fingerprint density at radius 1 is 1.08 bits per heavy atom. The Kier molecular flexibility index (Phi) is 10.6. The maximum absolute atomic E-state index is 12.5. The molecule has 1 aromatic heterocycles. The van der Waals surface area contributed by atoms with Gasteiger partial charge in [0.05, 0.1) is 10.4 Å². The normalized spacial score (nSPS) is 22.1. The van der Waals surface area contributed by atoms with Crippen LogP contribution in [0.25, 0.3) is 0 Å². The van der Waals surface area contributed by atoms with Crippen LogP contribution in [0.3, 0.4) is 0 Å². The molecule has 5 rings (SSSR count). The molecule has 0 spiro atoms. The Balaban J connectivity index is 0.000000253. The van der Waals surface area contributed by atoms with Crippen molar-refractivity contribution in [1.82, 2.24) is 20.2 Å². The lowest BCUT2D eigenvalue weighted by molar-refractivity contribution is -0.125. The highest BCUT2D eigenvalue weighted by Gasteiger charge is 2.33. The van der Waals surface area contributed by atoms with Gasteiger partial charge in [0.25, 0.3) is 0 Å². The zero-order valence-electron chi connectivity index (χ0n) is 22.6. The van der Waals surface area contributed by atoms with E-state index in [9.17, 15) is 4.79 Å². The molecule has 10 heteroatoms. The first-order chi connectivity index (χ1) is 18.4. The van der Waals surface area contributed by atoms with Gasteiger partial charge < -0.3 is 31.3 Å². The summed E-state index contributed by atoms with van der Waals surface area (Å²) < 4.78 is 6.10. The number of hydrogen-bond acceptors (Lipinski definition) is 8. The average Bonchev–Trinajstić information content (AvgIpc) is 3.61. The van der Waals surface area contributed by atoms with E-state index in [1.165, 1.54) is 38.8 Å². The monoisotopic (exact) mass is 587 g/mol. The number of anilines is 4. The summed E-state index contributed by atoms with van der Waals surface area (Å²) in [4.78, 5) is 24.0. The molecule has 2 saturated heterocycles. The van der Waals surface area contributed by atoms with E-state index in [0.717, 1.165) is 48.7 Å². The minimum Gasteiger partial charge on any atom is -0.399 e. The highest BCUT2D eigenvalue weighted by molar-refractivity contribution is 9.10.